The van der Waals surface area contributed by atoms with Crippen LogP contribution in [0, 0.1) is 5.92 Å². The maximum absolute atomic E-state index is 10.2. The summed E-state index contributed by atoms with van der Waals surface area (Å²) in [4.78, 5) is 4.56. The maximum atomic E-state index is 10.2. The van der Waals surface area contributed by atoms with Gasteiger partial charge in [0.25, 0.3) is 0 Å². The SMILES string of the molecule is CCNC(=NCC1(O)CCC1)NC(C)c1ccc(OCC(C)C)cc1. The summed E-state index contributed by atoms with van der Waals surface area (Å²) in [6, 6.07) is 8.30. The third-order valence-corrected chi connectivity index (χ3v) is 4.48. The zero-order valence-corrected chi connectivity index (χ0v) is 16.0. The van der Waals surface area contributed by atoms with E-state index < -0.39 is 5.60 Å². The van der Waals surface area contributed by atoms with Gasteiger partial charge in [-0.25, -0.2) is 0 Å². The molecule has 25 heavy (non-hydrogen) atoms. The summed E-state index contributed by atoms with van der Waals surface area (Å²) in [5, 5.41) is 16.9. The molecule has 3 N–H and O–H groups in total. The zero-order chi connectivity index (χ0) is 18.3. The number of guanidine groups is 1. The maximum Gasteiger partial charge on any atom is 0.191 e. The Kier molecular flexibility index (Phi) is 7.12. The first-order valence-electron chi connectivity index (χ1n) is 9.42. The topological polar surface area (TPSA) is 65.9 Å². The van der Waals surface area contributed by atoms with Gasteiger partial charge in [0.1, 0.15) is 5.75 Å². The smallest absolute Gasteiger partial charge is 0.191 e. The average molecular weight is 348 g/mol. The lowest BCUT2D eigenvalue weighted by molar-refractivity contribution is -0.0236. The number of nitrogens with one attached hydrogen (secondary N) is 2. The van der Waals surface area contributed by atoms with E-state index in [-0.39, 0.29) is 6.04 Å². The first kappa shape index (κ1) is 19.6. The number of aliphatic imine (C=N–C) groups is 1. The van der Waals surface area contributed by atoms with Crippen LogP contribution in [0.15, 0.2) is 29.3 Å². The van der Waals surface area contributed by atoms with Crippen molar-refractivity contribution in [3.05, 3.63) is 29.8 Å². The average Bonchev–Trinajstić information content (AvgIpc) is 2.56. The number of rotatable bonds is 8. The van der Waals surface area contributed by atoms with Crippen LogP contribution in [0.4, 0.5) is 0 Å². The number of hydrogen-bond donors (Lipinski definition) is 3. The molecule has 0 spiro atoms. The molecule has 5 heteroatoms. The molecule has 2 rings (SSSR count). The van der Waals surface area contributed by atoms with Crippen LogP contribution in [0.3, 0.4) is 0 Å². The summed E-state index contributed by atoms with van der Waals surface area (Å²) in [6.45, 7) is 10.4. The Labute approximate surface area is 151 Å². The van der Waals surface area contributed by atoms with Gasteiger partial charge >= 0.3 is 0 Å². The van der Waals surface area contributed by atoms with Gasteiger partial charge in [0.2, 0.25) is 0 Å². The highest BCUT2D eigenvalue weighted by Gasteiger charge is 2.34. The second-order valence-corrected chi connectivity index (χ2v) is 7.41. The fourth-order valence-corrected chi connectivity index (χ4v) is 2.69. The number of hydrogen-bond acceptors (Lipinski definition) is 3. The van der Waals surface area contributed by atoms with Crippen LogP contribution in [0.5, 0.6) is 5.75 Å². The predicted molar refractivity (Wildman–Crippen MR) is 103 cm³/mol. The van der Waals surface area contributed by atoms with Crippen LogP contribution in [-0.4, -0.2) is 36.4 Å². The van der Waals surface area contributed by atoms with E-state index >= 15 is 0 Å². The van der Waals surface area contributed by atoms with Gasteiger partial charge in [-0.2, -0.15) is 0 Å². The van der Waals surface area contributed by atoms with Crippen molar-refractivity contribution >= 4 is 5.96 Å². The predicted octanol–water partition coefficient (Wildman–Crippen LogP) is 3.25. The van der Waals surface area contributed by atoms with Crippen LogP contribution in [0.25, 0.3) is 0 Å². The van der Waals surface area contributed by atoms with E-state index in [9.17, 15) is 5.11 Å². The number of ether oxygens (including phenoxy) is 1. The molecule has 1 aromatic rings. The van der Waals surface area contributed by atoms with E-state index in [1.54, 1.807) is 0 Å². The largest absolute Gasteiger partial charge is 0.493 e. The fraction of sp³-hybridized carbons (Fsp3) is 0.650. The quantitative estimate of drug-likeness (QED) is 0.499. The minimum absolute atomic E-state index is 0.119. The number of aliphatic hydroxyl groups is 1. The molecule has 0 aliphatic heterocycles. The second-order valence-electron chi connectivity index (χ2n) is 7.41. The normalized spacial score (nSPS) is 17.8. The van der Waals surface area contributed by atoms with Gasteiger partial charge < -0.3 is 20.5 Å². The number of benzene rings is 1. The molecule has 0 radical (unpaired) electrons. The molecule has 1 aromatic carbocycles. The van der Waals surface area contributed by atoms with Gasteiger partial charge in [0.05, 0.1) is 24.8 Å². The summed E-state index contributed by atoms with van der Waals surface area (Å²) < 4.78 is 5.73. The summed E-state index contributed by atoms with van der Waals surface area (Å²) >= 11 is 0. The first-order chi connectivity index (χ1) is 11.9. The van der Waals surface area contributed by atoms with Gasteiger partial charge in [-0.3, -0.25) is 4.99 Å². The molecule has 1 aliphatic carbocycles. The molecule has 5 nitrogen and oxygen atoms in total. The summed E-state index contributed by atoms with van der Waals surface area (Å²) in [5.74, 6) is 2.16. The minimum atomic E-state index is -0.596. The molecule has 0 amide bonds. The van der Waals surface area contributed by atoms with Crippen molar-refractivity contribution in [2.75, 3.05) is 19.7 Å². The van der Waals surface area contributed by atoms with Gasteiger partial charge in [-0.15, -0.1) is 0 Å². The molecule has 1 atom stereocenters. The lowest BCUT2D eigenvalue weighted by atomic mass is 9.80. The molecule has 1 unspecified atom stereocenters. The van der Waals surface area contributed by atoms with Crippen molar-refractivity contribution in [1.82, 2.24) is 10.6 Å². The molecule has 1 fully saturated rings. The molecule has 0 aromatic heterocycles. The lowest BCUT2D eigenvalue weighted by Gasteiger charge is -2.35. The Morgan fingerprint density at radius 2 is 1.92 bits per heavy atom. The van der Waals surface area contributed by atoms with E-state index in [1.165, 1.54) is 5.56 Å². The molecule has 0 bridgehead atoms. The summed E-state index contributed by atoms with van der Waals surface area (Å²) in [5.41, 5.74) is 0.575. The van der Waals surface area contributed by atoms with Crippen molar-refractivity contribution < 1.29 is 9.84 Å². The molecular formula is C20H33N3O2. The van der Waals surface area contributed by atoms with Crippen LogP contribution in [0.1, 0.15) is 58.6 Å². The molecular weight excluding hydrogens is 314 g/mol. The second kappa shape index (κ2) is 9.09. The molecule has 0 heterocycles. The highest BCUT2D eigenvalue weighted by atomic mass is 16.5. The third-order valence-electron chi connectivity index (χ3n) is 4.48. The Morgan fingerprint density at radius 3 is 2.44 bits per heavy atom. The standard InChI is InChI=1S/C20H33N3O2/c1-5-21-19(22-14-20(24)11-6-12-20)23-16(4)17-7-9-18(10-8-17)25-13-15(2)3/h7-10,15-16,24H,5-6,11-14H2,1-4H3,(H2,21,22,23). The Morgan fingerprint density at radius 1 is 1.24 bits per heavy atom. The summed E-state index contributed by atoms with van der Waals surface area (Å²) in [7, 11) is 0. The molecule has 140 valence electrons. The van der Waals surface area contributed by atoms with E-state index in [1.807, 2.05) is 19.1 Å². The minimum Gasteiger partial charge on any atom is -0.493 e. The Balaban J connectivity index is 1.92. The summed E-state index contributed by atoms with van der Waals surface area (Å²) in [6.07, 6.45) is 2.80. The first-order valence-corrected chi connectivity index (χ1v) is 9.42. The Bertz CT molecular complexity index is 551. The highest BCUT2D eigenvalue weighted by molar-refractivity contribution is 5.80. The van der Waals surface area contributed by atoms with E-state index in [0.717, 1.165) is 44.1 Å². The van der Waals surface area contributed by atoms with Crippen molar-refractivity contribution in [3.8, 4) is 5.75 Å². The van der Waals surface area contributed by atoms with Crippen molar-refractivity contribution in [2.45, 2.75) is 58.6 Å². The van der Waals surface area contributed by atoms with Crippen LogP contribution >= 0.6 is 0 Å². The number of nitrogens with zero attached hydrogens (tertiary/aromatic N) is 1. The van der Waals surface area contributed by atoms with Crippen molar-refractivity contribution in [1.29, 1.82) is 0 Å². The van der Waals surface area contributed by atoms with E-state index in [4.69, 9.17) is 4.74 Å². The zero-order valence-electron chi connectivity index (χ0n) is 16.0. The van der Waals surface area contributed by atoms with Crippen LogP contribution in [0.2, 0.25) is 0 Å². The molecule has 1 aliphatic rings. The van der Waals surface area contributed by atoms with Gasteiger partial charge in [-0.1, -0.05) is 26.0 Å². The lowest BCUT2D eigenvalue weighted by Crippen LogP contribution is -2.43. The molecule has 1 saturated carbocycles. The van der Waals surface area contributed by atoms with Crippen molar-refractivity contribution in [2.24, 2.45) is 10.9 Å². The van der Waals surface area contributed by atoms with Gasteiger partial charge in [-0.05, 0) is 56.7 Å². The van der Waals surface area contributed by atoms with Gasteiger partial charge in [0.15, 0.2) is 5.96 Å². The highest BCUT2D eigenvalue weighted by Crippen LogP contribution is 2.31. The third kappa shape index (κ3) is 6.24. The Hall–Kier alpha value is -1.75. The van der Waals surface area contributed by atoms with Gasteiger partial charge in [0, 0.05) is 6.54 Å². The monoisotopic (exact) mass is 347 g/mol. The molecule has 0 saturated heterocycles. The fourth-order valence-electron chi connectivity index (χ4n) is 2.69. The van der Waals surface area contributed by atoms with Crippen LogP contribution in [-0.2, 0) is 0 Å². The van der Waals surface area contributed by atoms with Crippen LogP contribution < -0.4 is 15.4 Å². The van der Waals surface area contributed by atoms with E-state index in [0.29, 0.717) is 12.5 Å². The van der Waals surface area contributed by atoms with E-state index in [2.05, 4.69) is 48.5 Å². The van der Waals surface area contributed by atoms with Crippen molar-refractivity contribution in [3.63, 3.8) is 0 Å².